The van der Waals surface area contributed by atoms with E-state index in [0.29, 0.717) is 6.04 Å². The van der Waals surface area contributed by atoms with E-state index in [1.807, 2.05) is 0 Å². The monoisotopic (exact) mass is 327 g/mol. The Balaban J connectivity index is 2.28. The number of nitrogens with one attached hydrogen (secondary N) is 2. The summed E-state index contributed by atoms with van der Waals surface area (Å²) in [4.78, 5) is 9.64. The van der Waals surface area contributed by atoms with Crippen LogP contribution in [-0.4, -0.2) is 87.4 Å². The van der Waals surface area contributed by atoms with Crippen molar-refractivity contribution in [3.63, 3.8) is 0 Å². The van der Waals surface area contributed by atoms with Gasteiger partial charge in [-0.3, -0.25) is 14.8 Å². The molecular weight excluding hydrogens is 290 g/mol. The molecule has 1 aliphatic rings. The highest BCUT2D eigenvalue weighted by Gasteiger charge is 2.10. The van der Waals surface area contributed by atoms with Gasteiger partial charge in [-0.05, 0) is 39.9 Å². The second kappa shape index (κ2) is 12.6. The predicted octanol–water partition coefficient (Wildman–Crippen LogP) is 0.994. The molecule has 1 unspecified atom stereocenters. The molecule has 2 N–H and O–H groups in total. The maximum absolute atomic E-state index is 5.38. The molecule has 0 spiro atoms. The van der Waals surface area contributed by atoms with E-state index in [1.165, 1.54) is 0 Å². The lowest BCUT2D eigenvalue weighted by Gasteiger charge is -2.26. The Labute approximate surface area is 142 Å². The molecule has 136 valence electrons. The quantitative estimate of drug-likeness (QED) is 0.356. The maximum atomic E-state index is 5.38. The summed E-state index contributed by atoms with van der Waals surface area (Å²) in [5.74, 6) is 0.938. The highest BCUT2D eigenvalue weighted by atomic mass is 16.5. The Morgan fingerprint density at radius 3 is 2.48 bits per heavy atom. The van der Waals surface area contributed by atoms with Crippen molar-refractivity contribution in [3.8, 4) is 0 Å². The number of aliphatic imine (C=N–C) groups is 1. The second-order valence-electron chi connectivity index (χ2n) is 6.02. The maximum Gasteiger partial charge on any atom is 0.191 e. The van der Waals surface area contributed by atoms with Crippen molar-refractivity contribution in [1.82, 2.24) is 20.4 Å². The number of nitrogens with zero attached hydrogens (tertiary/aromatic N) is 3. The van der Waals surface area contributed by atoms with Gasteiger partial charge in [0.25, 0.3) is 0 Å². The summed E-state index contributed by atoms with van der Waals surface area (Å²) >= 11 is 0. The van der Waals surface area contributed by atoms with Crippen molar-refractivity contribution in [2.24, 2.45) is 4.99 Å². The van der Waals surface area contributed by atoms with Crippen molar-refractivity contribution >= 4 is 5.96 Å². The molecule has 1 rings (SSSR count). The minimum Gasteiger partial charge on any atom is -0.379 e. The molecule has 0 amide bonds. The van der Waals surface area contributed by atoms with Crippen LogP contribution in [0.1, 0.15) is 34.1 Å². The highest BCUT2D eigenvalue weighted by Crippen LogP contribution is 1.99. The fourth-order valence-corrected chi connectivity index (χ4v) is 2.86. The Bertz CT molecular complexity index is 314. The first-order valence-electron chi connectivity index (χ1n) is 9.27. The molecule has 6 heteroatoms. The number of hydrogen-bond acceptors (Lipinski definition) is 4. The summed E-state index contributed by atoms with van der Waals surface area (Å²) in [5, 5.41) is 6.79. The zero-order valence-electron chi connectivity index (χ0n) is 15.6. The Morgan fingerprint density at radius 2 is 1.87 bits per heavy atom. The highest BCUT2D eigenvalue weighted by molar-refractivity contribution is 5.79. The molecule has 0 aromatic rings. The fourth-order valence-electron chi connectivity index (χ4n) is 2.86. The van der Waals surface area contributed by atoms with Gasteiger partial charge in [-0.15, -0.1) is 0 Å². The van der Waals surface area contributed by atoms with Gasteiger partial charge in [0, 0.05) is 32.2 Å². The summed E-state index contributed by atoms with van der Waals surface area (Å²) in [5.41, 5.74) is 0. The number of hydrogen-bond donors (Lipinski definition) is 2. The van der Waals surface area contributed by atoms with Gasteiger partial charge in [0.2, 0.25) is 0 Å². The topological polar surface area (TPSA) is 52.1 Å². The standard InChI is InChI=1S/C17H37N5O/c1-5-18-17(20-15-16(4)22(6-2)7-3)19-9-8-10-21-11-13-23-14-12-21/h16H,5-15H2,1-4H3,(H2,18,19,20). The van der Waals surface area contributed by atoms with E-state index in [1.54, 1.807) is 0 Å². The molecule has 1 fully saturated rings. The van der Waals surface area contributed by atoms with Crippen LogP contribution in [0.25, 0.3) is 0 Å². The largest absolute Gasteiger partial charge is 0.379 e. The lowest BCUT2D eigenvalue weighted by Crippen LogP contribution is -2.42. The van der Waals surface area contributed by atoms with Gasteiger partial charge >= 0.3 is 0 Å². The number of likely N-dealkylation sites (N-methyl/N-ethyl adjacent to an activating group) is 1. The van der Waals surface area contributed by atoms with Crippen molar-refractivity contribution in [3.05, 3.63) is 0 Å². The van der Waals surface area contributed by atoms with Crippen molar-refractivity contribution in [2.75, 3.05) is 65.6 Å². The Morgan fingerprint density at radius 1 is 1.17 bits per heavy atom. The van der Waals surface area contributed by atoms with Crippen LogP contribution in [0.2, 0.25) is 0 Å². The summed E-state index contributed by atoms with van der Waals surface area (Å²) in [6.07, 6.45) is 1.13. The van der Waals surface area contributed by atoms with Gasteiger partial charge in [0.15, 0.2) is 5.96 Å². The lowest BCUT2D eigenvalue weighted by molar-refractivity contribution is 0.0376. The number of guanidine groups is 1. The average molecular weight is 328 g/mol. The summed E-state index contributed by atoms with van der Waals surface area (Å²) in [6.45, 7) is 18.6. The number of morpholine rings is 1. The average Bonchev–Trinajstić information content (AvgIpc) is 2.58. The smallest absolute Gasteiger partial charge is 0.191 e. The molecule has 6 nitrogen and oxygen atoms in total. The van der Waals surface area contributed by atoms with Crippen LogP contribution in [0, 0.1) is 0 Å². The fraction of sp³-hybridized carbons (Fsp3) is 0.941. The first kappa shape index (κ1) is 20.2. The van der Waals surface area contributed by atoms with Gasteiger partial charge in [0.1, 0.15) is 0 Å². The molecule has 1 atom stereocenters. The van der Waals surface area contributed by atoms with E-state index in [0.717, 1.165) is 78.0 Å². The van der Waals surface area contributed by atoms with Crippen molar-refractivity contribution < 1.29 is 4.74 Å². The van der Waals surface area contributed by atoms with E-state index < -0.39 is 0 Å². The molecule has 0 aromatic heterocycles. The van der Waals surface area contributed by atoms with Crippen LogP contribution in [0.5, 0.6) is 0 Å². The molecule has 0 aliphatic carbocycles. The van der Waals surface area contributed by atoms with E-state index in [9.17, 15) is 0 Å². The Hall–Kier alpha value is -0.850. The first-order valence-corrected chi connectivity index (χ1v) is 9.27. The minimum absolute atomic E-state index is 0.480. The summed E-state index contributed by atoms with van der Waals surface area (Å²) < 4.78 is 5.38. The number of ether oxygens (including phenoxy) is 1. The van der Waals surface area contributed by atoms with E-state index in [-0.39, 0.29) is 0 Å². The Kier molecular flexibility index (Phi) is 11.0. The van der Waals surface area contributed by atoms with Crippen LogP contribution in [-0.2, 0) is 4.74 Å². The molecular formula is C17H37N5O. The van der Waals surface area contributed by atoms with Gasteiger partial charge in [-0.25, -0.2) is 0 Å². The van der Waals surface area contributed by atoms with E-state index in [4.69, 9.17) is 9.73 Å². The van der Waals surface area contributed by atoms with Crippen LogP contribution in [0.15, 0.2) is 4.99 Å². The molecule has 0 aromatic carbocycles. The molecule has 1 heterocycles. The normalized spacial score (nSPS) is 18.2. The summed E-state index contributed by atoms with van der Waals surface area (Å²) in [7, 11) is 0. The van der Waals surface area contributed by atoms with Crippen LogP contribution in [0.4, 0.5) is 0 Å². The van der Waals surface area contributed by atoms with Crippen LogP contribution < -0.4 is 10.6 Å². The van der Waals surface area contributed by atoms with Gasteiger partial charge in [-0.2, -0.15) is 0 Å². The third-order valence-corrected chi connectivity index (χ3v) is 4.34. The van der Waals surface area contributed by atoms with E-state index >= 15 is 0 Å². The molecule has 1 saturated heterocycles. The second-order valence-corrected chi connectivity index (χ2v) is 6.02. The lowest BCUT2D eigenvalue weighted by atomic mass is 10.3. The molecule has 0 saturated carbocycles. The number of rotatable bonds is 10. The third-order valence-electron chi connectivity index (χ3n) is 4.34. The minimum atomic E-state index is 0.480. The van der Waals surface area contributed by atoms with Crippen LogP contribution in [0.3, 0.4) is 0 Å². The molecule has 0 radical (unpaired) electrons. The predicted molar refractivity (Wildman–Crippen MR) is 98.2 cm³/mol. The van der Waals surface area contributed by atoms with Crippen LogP contribution >= 0.6 is 0 Å². The first-order chi connectivity index (χ1) is 11.2. The van der Waals surface area contributed by atoms with Crippen molar-refractivity contribution in [1.29, 1.82) is 0 Å². The van der Waals surface area contributed by atoms with Gasteiger partial charge < -0.3 is 15.4 Å². The third kappa shape index (κ3) is 8.53. The van der Waals surface area contributed by atoms with Gasteiger partial charge in [-0.1, -0.05) is 13.8 Å². The molecule has 23 heavy (non-hydrogen) atoms. The molecule has 0 bridgehead atoms. The zero-order valence-corrected chi connectivity index (χ0v) is 15.6. The van der Waals surface area contributed by atoms with Crippen molar-refractivity contribution in [2.45, 2.75) is 40.2 Å². The molecule has 1 aliphatic heterocycles. The zero-order chi connectivity index (χ0) is 16.9. The van der Waals surface area contributed by atoms with E-state index in [2.05, 4.69) is 48.1 Å². The SMILES string of the molecule is CCNC(=NCC(C)N(CC)CC)NCCCN1CCOCC1. The van der Waals surface area contributed by atoms with Gasteiger partial charge in [0.05, 0.1) is 19.8 Å². The summed E-state index contributed by atoms with van der Waals surface area (Å²) in [6, 6.07) is 0.480.